The second-order valence-corrected chi connectivity index (χ2v) is 7.44. The number of rotatable bonds is 4. The number of carbonyl (C=O) groups is 2. The highest BCUT2D eigenvalue weighted by Gasteiger charge is 2.25. The smallest absolute Gasteiger partial charge is 0.317 e. The van der Waals surface area contributed by atoms with E-state index in [0.29, 0.717) is 0 Å². The minimum Gasteiger partial charge on any atom is -0.381 e. The molecule has 0 atom stereocenters. The Morgan fingerprint density at radius 3 is 2.24 bits per heavy atom. The lowest BCUT2D eigenvalue weighted by molar-refractivity contribution is -0.130. The van der Waals surface area contributed by atoms with E-state index < -0.39 is 0 Å². The minimum absolute atomic E-state index is 0.0474. The third kappa shape index (κ3) is 5.57. The van der Waals surface area contributed by atoms with Crippen molar-refractivity contribution < 1.29 is 14.3 Å². The number of hydrogen-bond donors (Lipinski definition) is 1. The third-order valence-electron chi connectivity index (χ3n) is 5.62. The molecule has 0 aromatic carbocycles. The minimum atomic E-state index is -0.101. The predicted molar refractivity (Wildman–Crippen MR) is 95.4 cm³/mol. The van der Waals surface area contributed by atoms with Gasteiger partial charge in [-0.2, -0.15) is 0 Å². The van der Waals surface area contributed by atoms with Crippen LogP contribution >= 0.6 is 0 Å². The van der Waals surface area contributed by atoms with Crippen LogP contribution in [0.4, 0.5) is 4.79 Å². The van der Waals surface area contributed by atoms with Crippen LogP contribution in [-0.2, 0) is 9.53 Å². The lowest BCUT2D eigenvalue weighted by Crippen LogP contribution is -2.54. The van der Waals surface area contributed by atoms with Gasteiger partial charge in [0, 0.05) is 59.0 Å². The van der Waals surface area contributed by atoms with Crippen LogP contribution < -0.4 is 5.32 Å². The fraction of sp³-hybridized carbons (Fsp3) is 0.889. The molecule has 3 saturated heterocycles. The van der Waals surface area contributed by atoms with Gasteiger partial charge in [-0.25, -0.2) is 4.79 Å². The molecule has 3 aliphatic rings. The van der Waals surface area contributed by atoms with Crippen molar-refractivity contribution in [2.45, 2.75) is 32.1 Å². The zero-order valence-corrected chi connectivity index (χ0v) is 15.3. The van der Waals surface area contributed by atoms with E-state index >= 15 is 0 Å². The summed E-state index contributed by atoms with van der Waals surface area (Å²) >= 11 is 0. The summed E-state index contributed by atoms with van der Waals surface area (Å²) in [6, 6.07) is -0.101. The van der Waals surface area contributed by atoms with E-state index in [4.69, 9.17) is 4.74 Å². The summed E-state index contributed by atoms with van der Waals surface area (Å²) in [5, 5.41) is 2.81. The first-order valence-corrected chi connectivity index (χ1v) is 9.83. The monoisotopic (exact) mass is 352 g/mol. The highest BCUT2D eigenvalue weighted by molar-refractivity contribution is 5.84. The average molecular weight is 352 g/mol. The van der Waals surface area contributed by atoms with Gasteiger partial charge in [0.1, 0.15) is 0 Å². The Labute approximate surface area is 150 Å². The maximum Gasteiger partial charge on any atom is 0.317 e. The van der Waals surface area contributed by atoms with E-state index in [9.17, 15) is 9.59 Å². The lowest BCUT2D eigenvalue weighted by Gasteiger charge is -2.37. The molecule has 3 fully saturated rings. The van der Waals surface area contributed by atoms with Crippen LogP contribution in [0.3, 0.4) is 0 Å². The molecule has 7 nitrogen and oxygen atoms in total. The van der Waals surface area contributed by atoms with Crippen LogP contribution in [-0.4, -0.2) is 92.2 Å². The SMILES string of the molecule is O=C(CNC(=O)N1CCN(CC2CCOCC2)CC1)N1CCCCC1. The number of ether oxygens (including phenoxy) is 1. The first-order chi connectivity index (χ1) is 12.2. The highest BCUT2D eigenvalue weighted by Crippen LogP contribution is 2.17. The summed E-state index contributed by atoms with van der Waals surface area (Å²) in [6.45, 7) is 8.01. The van der Waals surface area contributed by atoms with Crippen molar-refractivity contribution >= 4 is 11.9 Å². The Hall–Kier alpha value is -1.34. The molecule has 25 heavy (non-hydrogen) atoms. The van der Waals surface area contributed by atoms with E-state index in [-0.39, 0.29) is 18.5 Å². The Morgan fingerprint density at radius 2 is 1.56 bits per heavy atom. The lowest BCUT2D eigenvalue weighted by atomic mass is 9.99. The molecule has 3 rings (SSSR count). The molecule has 0 aliphatic carbocycles. The largest absolute Gasteiger partial charge is 0.381 e. The van der Waals surface area contributed by atoms with Crippen LogP contribution in [0.5, 0.6) is 0 Å². The second kappa shape index (κ2) is 9.38. The predicted octanol–water partition coefficient (Wildman–Crippen LogP) is 0.753. The molecule has 3 amide bonds. The number of amides is 3. The van der Waals surface area contributed by atoms with Gasteiger partial charge < -0.3 is 19.9 Å². The number of nitrogens with one attached hydrogen (secondary N) is 1. The van der Waals surface area contributed by atoms with Crippen LogP contribution in [0.25, 0.3) is 0 Å². The van der Waals surface area contributed by atoms with E-state index in [1.54, 1.807) is 0 Å². The Bertz CT molecular complexity index is 440. The maximum absolute atomic E-state index is 12.3. The number of hydrogen-bond acceptors (Lipinski definition) is 4. The molecule has 1 N–H and O–H groups in total. The van der Waals surface area contributed by atoms with E-state index in [1.165, 1.54) is 6.42 Å². The van der Waals surface area contributed by atoms with Gasteiger partial charge in [0.25, 0.3) is 0 Å². The van der Waals surface area contributed by atoms with Gasteiger partial charge in [0.05, 0.1) is 6.54 Å². The van der Waals surface area contributed by atoms with Gasteiger partial charge >= 0.3 is 6.03 Å². The molecular formula is C18H32N4O3. The van der Waals surface area contributed by atoms with Crippen molar-refractivity contribution in [3.63, 3.8) is 0 Å². The Morgan fingerprint density at radius 1 is 0.880 bits per heavy atom. The summed E-state index contributed by atoms with van der Waals surface area (Å²) < 4.78 is 5.42. The molecule has 7 heteroatoms. The van der Waals surface area contributed by atoms with Crippen LogP contribution in [0, 0.1) is 5.92 Å². The first-order valence-electron chi connectivity index (χ1n) is 9.83. The number of piperazine rings is 1. The van der Waals surface area contributed by atoms with Crippen molar-refractivity contribution in [3.05, 3.63) is 0 Å². The number of likely N-dealkylation sites (tertiary alicyclic amines) is 1. The van der Waals surface area contributed by atoms with Crippen molar-refractivity contribution in [3.8, 4) is 0 Å². The van der Waals surface area contributed by atoms with Gasteiger partial charge in [0.2, 0.25) is 5.91 Å². The van der Waals surface area contributed by atoms with Crippen molar-refractivity contribution in [2.75, 3.05) is 65.6 Å². The summed E-state index contributed by atoms with van der Waals surface area (Å²) in [6.07, 6.45) is 5.66. The maximum atomic E-state index is 12.3. The summed E-state index contributed by atoms with van der Waals surface area (Å²) in [5.41, 5.74) is 0. The molecule has 0 aromatic rings. The molecule has 0 spiro atoms. The zero-order valence-electron chi connectivity index (χ0n) is 15.3. The molecule has 3 aliphatic heterocycles. The fourth-order valence-corrected chi connectivity index (χ4v) is 3.95. The second-order valence-electron chi connectivity index (χ2n) is 7.44. The normalized spacial score (nSPS) is 23.5. The van der Waals surface area contributed by atoms with Crippen molar-refractivity contribution in [2.24, 2.45) is 5.92 Å². The molecule has 0 bridgehead atoms. The number of piperidine rings is 1. The van der Waals surface area contributed by atoms with Crippen molar-refractivity contribution in [1.29, 1.82) is 0 Å². The number of nitrogens with zero attached hydrogens (tertiary/aromatic N) is 3. The third-order valence-corrected chi connectivity index (χ3v) is 5.62. The van der Waals surface area contributed by atoms with Gasteiger partial charge in [-0.15, -0.1) is 0 Å². The fourth-order valence-electron chi connectivity index (χ4n) is 3.95. The molecule has 0 saturated carbocycles. The van der Waals surface area contributed by atoms with Crippen molar-refractivity contribution in [1.82, 2.24) is 20.0 Å². The molecule has 0 radical (unpaired) electrons. The number of urea groups is 1. The Kier molecular flexibility index (Phi) is 6.93. The van der Waals surface area contributed by atoms with Gasteiger partial charge in [0.15, 0.2) is 0 Å². The van der Waals surface area contributed by atoms with Crippen LogP contribution in [0.1, 0.15) is 32.1 Å². The summed E-state index contributed by atoms with van der Waals surface area (Å²) in [7, 11) is 0. The van der Waals surface area contributed by atoms with E-state index in [1.807, 2.05) is 9.80 Å². The highest BCUT2D eigenvalue weighted by atomic mass is 16.5. The van der Waals surface area contributed by atoms with Crippen LogP contribution in [0.2, 0.25) is 0 Å². The van der Waals surface area contributed by atoms with Gasteiger partial charge in [-0.1, -0.05) is 0 Å². The molecule has 0 aromatic heterocycles. The zero-order chi connectivity index (χ0) is 17.5. The number of carbonyl (C=O) groups excluding carboxylic acids is 2. The standard InChI is InChI=1S/C18H32N4O3/c23-17(21-6-2-1-3-7-21)14-19-18(24)22-10-8-20(9-11-22)15-16-4-12-25-13-5-16/h16H,1-15H2,(H,19,24). The molecular weight excluding hydrogens is 320 g/mol. The first kappa shape index (κ1) is 18.5. The topological polar surface area (TPSA) is 65.1 Å². The summed E-state index contributed by atoms with van der Waals surface area (Å²) in [5.74, 6) is 0.780. The van der Waals surface area contributed by atoms with Crippen LogP contribution in [0.15, 0.2) is 0 Å². The molecule has 3 heterocycles. The summed E-state index contributed by atoms with van der Waals surface area (Å²) in [4.78, 5) is 30.6. The quantitative estimate of drug-likeness (QED) is 0.811. The van der Waals surface area contributed by atoms with E-state index in [0.717, 1.165) is 90.6 Å². The van der Waals surface area contributed by atoms with E-state index in [2.05, 4.69) is 10.2 Å². The van der Waals surface area contributed by atoms with Gasteiger partial charge in [-0.05, 0) is 38.0 Å². The average Bonchev–Trinajstić information content (AvgIpc) is 2.68. The molecule has 0 unspecified atom stereocenters. The molecule has 142 valence electrons. The Balaban J connectivity index is 1.33. The van der Waals surface area contributed by atoms with Gasteiger partial charge in [-0.3, -0.25) is 9.69 Å².